The first kappa shape index (κ1) is 8.04. The van der Waals surface area contributed by atoms with Gasteiger partial charge >= 0.3 is 0 Å². The number of aryl methyl sites for hydroxylation is 1. The summed E-state index contributed by atoms with van der Waals surface area (Å²) in [4.78, 5) is 18.0. The molecule has 0 spiro atoms. The number of aliphatic hydroxyl groups excluding tert-OH is 1. The van der Waals surface area contributed by atoms with E-state index in [4.69, 9.17) is 5.11 Å². The van der Waals surface area contributed by atoms with Crippen molar-refractivity contribution < 1.29 is 5.11 Å². The molecule has 13 heavy (non-hydrogen) atoms. The molecule has 4 heteroatoms. The summed E-state index contributed by atoms with van der Waals surface area (Å²) in [5, 5.41) is 9.05. The molecule has 0 bridgehead atoms. The molecular formula is C9H10N2O2. The van der Waals surface area contributed by atoms with E-state index in [-0.39, 0.29) is 17.1 Å². The van der Waals surface area contributed by atoms with Gasteiger partial charge in [0.25, 0.3) is 5.56 Å². The number of aliphatic hydroxyl groups is 1. The zero-order valence-electron chi connectivity index (χ0n) is 7.13. The Labute approximate surface area is 75.0 Å². The molecule has 0 aromatic carbocycles. The third-order valence-corrected chi connectivity index (χ3v) is 2.21. The highest BCUT2D eigenvalue weighted by Gasteiger charge is 2.17. The predicted octanol–water partition coefficient (Wildman–Crippen LogP) is 0.787. The van der Waals surface area contributed by atoms with Crippen molar-refractivity contribution in [3.8, 4) is 0 Å². The quantitative estimate of drug-likeness (QED) is 0.625. The van der Waals surface area contributed by atoms with Gasteiger partial charge in [0.2, 0.25) is 0 Å². The summed E-state index contributed by atoms with van der Waals surface area (Å²) in [6.07, 6.45) is 2.57. The Kier molecular flexibility index (Phi) is 1.69. The lowest BCUT2D eigenvalue weighted by Crippen LogP contribution is -2.16. The van der Waals surface area contributed by atoms with Crippen LogP contribution in [0.3, 0.4) is 0 Å². The fourth-order valence-corrected chi connectivity index (χ4v) is 1.58. The maximum absolute atomic E-state index is 11.4. The molecule has 0 fully saturated rings. The smallest absolute Gasteiger partial charge is 0.254 e. The first-order chi connectivity index (χ1) is 6.18. The summed E-state index contributed by atoms with van der Waals surface area (Å²) in [7, 11) is 0. The summed E-state index contributed by atoms with van der Waals surface area (Å²) in [5.74, 6) is -0.00236. The third kappa shape index (κ3) is 1.24. The molecule has 1 heterocycles. The van der Waals surface area contributed by atoms with Crippen LogP contribution in [0.4, 0.5) is 0 Å². The van der Waals surface area contributed by atoms with Crippen LogP contribution in [-0.4, -0.2) is 15.1 Å². The van der Waals surface area contributed by atoms with Gasteiger partial charge in [-0.2, -0.15) is 0 Å². The lowest BCUT2D eigenvalue weighted by Gasteiger charge is -2.00. The molecule has 1 aliphatic rings. The lowest BCUT2D eigenvalue weighted by atomic mass is 10.2. The number of hydrogen-bond donors (Lipinski definition) is 2. The first-order valence-electron chi connectivity index (χ1n) is 4.19. The topological polar surface area (TPSA) is 66.0 Å². The first-order valence-corrected chi connectivity index (χ1v) is 4.19. The Morgan fingerprint density at radius 1 is 1.54 bits per heavy atom. The summed E-state index contributed by atoms with van der Waals surface area (Å²) in [6, 6.07) is 0. The Hall–Kier alpha value is -1.58. The number of H-pyrrole nitrogens is 1. The monoisotopic (exact) mass is 178 g/mol. The number of aromatic nitrogens is 2. The van der Waals surface area contributed by atoms with Gasteiger partial charge in [-0.3, -0.25) is 4.79 Å². The van der Waals surface area contributed by atoms with Gasteiger partial charge in [-0.05, 0) is 19.3 Å². The molecule has 2 N–H and O–H groups in total. The summed E-state index contributed by atoms with van der Waals surface area (Å²) in [5.41, 5.74) is 1.41. The van der Waals surface area contributed by atoms with Gasteiger partial charge in [0, 0.05) is 5.56 Å². The molecule has 1 aliphatic carbocycles. The highest BCUT2D eigenvalue weighted by Crippen LogP contribution is 2.16. The fraction of sp³-hybridized carbons (Fsp3) is 0.333. The van der Waals surface area contributed by atoms with Gasteiger partial charge < -0.3 is 10.1 Å². The summed E-state index contributed by atoms with van der Waals surface area (Å²) in [6.45, 7) is 3.31. The maximum atomic E-state index is 11.4. The van der Waals surface area contributed by atoms with E-state index in [1.54, 1.807) is 0 Å². The second-order valence-corrected chi connectivity index (χ2v) is 3.14. The van der Waals surface area contributed by atoms with E-state index in [0.717, 1.165) is 30.5 Å². The van der Waals surface area contributed by atoms with Crippen molar-refractivity contribution in [1.82, 2.24) is 9.97 Å². The van der Waals surface area contributed by atoms with Crippen molar-refractivity contribution in [1.29, 1.82) is 0 Å². The van der Waals surface area contributed by atoms with Crippen LogP contribution >= 0.6 is 0 Å². The van der Waals surface area contributed by atoms with Crippen molar-refractivity contribution in [3.05, 3.63) is 34.0 Å². The Bertz CT molecular complexity index is 420. The summed E-state index contributed by atoms with van der Waals surface area (Å²) >= 11 is 0. The van der Waals surface area contributed by atoms with Crippen LogP contribution < -0.4 is 5.56 Å². The molecule has 0 amide bonds. The molecule has 2 rings (SSSR count). The van der Waals surface area contributed by atoms with Crippen LogP contribution in [0.15, 0.2) is 11.4 Å². The Morgan fingerprint density at radius 3 is 3.00 bits per heavy atom. The standard InChI is InChI=1S/C9H10N2O2/c1-5(12)8-10-7-4-2-3-6(7)9(13)11-8/h12H,1-4H2,(H,10,11,13). The molecule has 0 aliphatic heterocycles. The Balaban J connectivity index is 2.62. The number of nitrogens with zero attached hydrogens (tertiary/aromatic N) is 1. The third-order valence-electron chi connectivity index (χ3n) is 2.21. The van der Waals surface area contributed by atoms with E-state index in [2.05, 4.69) is 16.5 Å². The SMILES string of the molecule is C=C(O)c1nc2c(c(=O)[nH]1)CCC2. The van der Waals surface area contributed by atoms with Gasteiger partial charge in [0.05, 0.1) is 5.69 Å². The maximum Gasteiger partial charge on any atom is 0.254 e. The minimum atomic E-state index is -0.188. The zero-order chi connectivity index (χ0) is 9.42. The highest BCUT2D eigenvalue weighted by molar-refractivity contribution is 5.48. The summed E-state index contributed by atoms with van der Waals surface area (Å²) < 4.78 is 0. The van der Waals surface area contributed by atoms with Gasteiger partial charge in [-0.15, -0.1) is 0 Å². The molecule has 0 saturated carbocycles. The number of fused-ring (bicyclic) bond motifs is 1. The molecule has 4 nitrogen and oxygen atoms in total. The molecule has 0 radical (unpaired) electrons. The van der Waals surface area contributed by atoms with Crippen molar-refractivity contribution in [2.75, 3.05) is 0 Å². The van der Waals surface area contributed by atoms with Gasteiger partial charge in [-0.25, -0.2) is 4.98 Å². The van der Waals surface area contributed by atoms with Crippen molar-refractivity contribution in [2.45, 2.75) is 19.3 Å². The number of rotatable bonds is 1. The predicted molar refractivity (Wildman–Crippen MR) is 48.5 cm³/mol. The number of nitrogens with one attached hydrogen (secondary N) is 1. The minimum absolute atomic E-state index is 0.146. The molecule has 0 atom stereocenters. The van der Waals surface area contributed by atoms with E-state index >= 15 is 0 Å². The molecule has 1 aromatic heterocycles. The molecular weight excluding hydrogens is 168 g/mol. The molecule has 0 unspecified atom stereocenters. The molecule has 0 saturated heterocycles. The van der Waals surface area contributed by atoms with Crippen LogP contribution in [-0.2, 0) is 12.8 Å². The van der Waals surface area contributed by atoms with E-state index in [1.165, 1.54) is 0 Å². The lowest BCUT2D eigenvalue weighted by molar-refractivity contribution is 0.505. The second-order valence-electron chi connectivity index (χ2n) is 3.14. The highest BCUT2D eigenvalue weighted by atomic mass is 16.3. The second kappa shape index (κ2) is 2.73. The van der Waals surface area contributed by atoms with Gasteiger partial charge in [-0.1, -0.05) is 6.58 Å². The zero-order valence-corrected chi connectivity index (χ0v) is 7.13. The van der Waals surface area contributed by atoms with E-state index in [1.807, 2.05) is 0 Å². The molecule has 68 valence electrons. The van der Waals surface area contributed by atoms with Crippen molar-refractivity contribution >= 4 is 5.76 Å². The van der Waals surface area contributed by atoms with Crippen LogP contribution in [0, 0.1) is 0 Å². The van der Waals surface area contributed by atoms with E-state index in [9.17, 15) is 4.79 Å². The number of aromatic amines is 1. The van der Waals surface area contributed by atoms with Crippen molar-refractivity contribution in [2.24, 2.45) is 0 Å². The van der Waals surface area contributed by atoms with E-state index in [0.29, 0.717) is 0 Å². The van der Waals surface area contributed by atoms with Gasteiger partial charge in [0.15, 0.2) is 11.6 Å². The number of hydrogen-bond acceptors (Lipinski definition) is 3. The van der Waals surface area contributed by atoms with Crippen LogP contribution in [0.2, 0.25) is 0 Å². The van der Waals surface area contributed by atoms with Crippen LogP contribution in [0.5, 0.6) is 0 Å². The van der Waals surface area contributed by atoms with Gasteiger partial charge in [0.1, 0.15) is 0 Å². The van der Waals surface area contributed by atoms with Crippen LogP contribution in [0.25, 0.3) is 5.76 Å². The van der Waals surface area contributed by atoms with E-state index < -0.39 is 0 Å². The van der Waals surface area contributed by atoms with Crippen LogP contribution in [0.1, 0.15) is 23.5 Å². The van der Waals surface area contributed by atoms with Crippen molar-refractivity contribution in [3.63, 3.8) is 0 Å². The molecule has 1 aromatic rings. The fourth-order valence-electron chi connectivity index (χ4n) is 1.58. The largest absolute Gasteiger partial charge is 0.505 e. The average molecular weight is 178 g/mol. The normalized spacial score (nSPS) is 14.2. The minimum Gasteiger partial charge on any atom is -0.505 e. The average Bonchev–Trinajstić information content (AvgIpc) is 2.51. The Morgan fingerprint density at radius 2 is 2.31 bits per heavy atom.